The van der Waals surface area contributed by atoms with E-state index in [1.54, 1.807) is 11.0 Å². The number of halogens is 2. The minimum absolute atomic E-state index is 0.117. The van der Waals surface area contributed by atoms with Crippen LogP contribution in [0.15, 0.2) is 12.1 Å². The average Bonchev–Trinajstić information content (AvgIpc) is 2.44. The van der Waals surface area contributed by atoms with E-state index in [1.807, 2.05) is 6.08 Å². The van der Waals surface area contributed by atoms with Gasteiger partial charge in [0.25, 0.3) is 0 Å². The van der Waals surface area contributed by atoms with E-state index in [1.165, 1.54) is 7.11 Å². The van der Waals surface area contributed by atoms with Crippen molar-refractivity contribution in [1.29, 1.82) is 0 Å². The first-order valence-corrected chi connectivity index (χ1v) is 7.26. The number of methoxy groups -OCH3 is 1. The van der Waals surface area contributed by atoms with Crippen LogP contribution in [-0.2, 0) is 4.74 Å². The molecule has 1 aliphatic heterocycles. The lowest BCUT2D eigenvalue weighted by Crippen LogP contribution is -2.43. The number of carbonyl (C=O) groups is 1. The molecule has 1 amide bonds. The molecule has 0 unspecified atom stereocenters. The van der Waals surface area contributed by atoms with E-state index in [-0.39, 0.29) is 18.1 Å². The SMILES string of the molecule is COC(=O)N1CCC[C@@H]2C=Cc3cc(Cl)nc(Cl)c3[C@@H]21. The van der Waals surface area contributed by atoms with Gasteiger partial charge in [-0.1, -0.05) is 35.4 Å². The molecule has 3 rings (SSSR count). The molecule has 20 heavy (non-hydrogen) atoms. The molecule has 2 aliphatic rings. The third-order valence-electron chi connectivity index (χ3n) is 3.92. The van der Waals surface area contributed by atoms with Crippen molar-refractivity contribution in [3.63, 3.8) is 0 Å². The maximum atomic E-state index is 12.0. The predicted octanol–water partition coefficient (Wildman–Crippen LogP) is 3.93. The standard InChI is InChI=1S/C14H14Cl2N2O2/c1-20-14(19)18-6-2-3-8-4-5-9-7-10(15)17-13(16)11(9)12(8)18/h4-5,7-8,12H,2-3,6H2,1H3/t8-,12-/m1/s1. The van der Waals surface area contributed by atoms with Gasteiger partial charge in [-0.3, -0.25) is 0 Å². The zero-order chi connectivity index (χ0) is 14.3. The third kappa shape index (κ3) is 2.17. The van der Waals surface area contributed by atoms with E-state index >= 15 is 0 Å². The Morgan fingerprint density at radius 1 is 1.50 bits per heavy atom. The number of likely N-dealkylation sites (tertiary alicyclic amines) is 1. The Balaban J connectivity index is 2.11. The Kier molecular flexibility index (Phi) is 3.61. The molecular weight excluding hydrogens is 299 g/mol. The molecule has 106 valence electrons. The minimum atomic E-state index is -0.327. The lowest BCUT2D eigenvalue weighted by Gasteiger charge is -2.42. The molecule has 1 aliphatic carbocycles. The quantitative estimate of drug-likeness (QED) is 0.681. The van der Waals surface area contributed by atoms with E-state index in [4.69, 9.17) is 27.9 Å². The molecule has 0 aromatic carbocycles. The fourth-order valence-electron chi connectivity index (χ4n) is 3.09. The van der Waals surface area contributed by atoms with E-state index < -0.39 is 0 Å². The van der Waals surface area contributed by atoms with Crippen LogP contribution in [0.4, 0.5) is 4.79 Å². The van der Waals surface area contributed by atoms with Gasteiger partial charge in [-0.15, -0.1) is 0 Å². The summed E-state index contributed by atoms with van der Waals surface area (Å²) in [6.07, 6.45) is 5.78. The highest BCUT2D eigenvalue weighted by Crippen LogP contribution is 2.45. The van der Waals surface area contributed by atoms with Crippen LogP contribution >= 0.6 is 23.2 Å². The molecule has 0 bridgehead atoms. The number of fused-ring (bicyclic) bond motifs is 3. The van der Waals surface area contributed by atoms with Gasteiger partial charge in [0.2, 0.25) is 0 Å². The number of carbonyl (C=O) groups excluding carboxylic acids is 1. The lowest BCUT2D eigenvalue weighted by atomic mass is 9.80. The number of hydrogen-bond acceptors (Lipinski definition) is 3. The smallest absolute Gasteiger partial charge is 0.410 e. The first-order valence-electron chi connectivity index (χ1n) is 6.50. The first kappa shape index (κ1) is 13.7. The Morgan fingerprint density at radius 3 is 3.05 bits per heavy atom. The number of pyridine rings is 1. The summed E-state index contributed by atoms with van der Waals surface area (Å²) in [6, 6.07) is 1.66. The molecule has 4 nitrogen and oxygen atoms in total. The molecule has 1 aromatic heterocycles. The van der Waals surface area contributed by atoms with Crippen molar-refractivity contribution in [1.82, 2.24) is 9.88 Å². The highest BCUT2D eigenvalue weighted by molar-refractivity contribution is 6.33. The Hall–Kier alpha value is -1.26. The van der Waals surface area contributed by atoms with Crippen LogP contribution in [0.1, 0.15) is 30.0 Å². The largest absolute Gasteiger partial charge is 0.453 e. The van der Waals surface area contributed by atoms with Crippen LogP contribution in [0.2, 0.25) is 10.3 Å². The summed E-state index contributed by atoms with van der Waals surface area (Å²) in [4.78, 5) is 17.8. The number of rotatable bonds is 0. The molecule has 1 fully saturated rings. The molecule has 0 spiro atoms. The van der Waals surface area contributed by atoms with Crippen molar-refractivity contribution in [3.8, 4) is 0 Å². The van der Waals surface area contributed by atoms with Gasteiger partial charge in [0.1, 0.15) is 10.3 Å². The summed E-state index contributed by atoms with van der Waals surface area (Å²) in [5.41, 5.74) is 1.79. The summed E-state index contributed by atoms with van der Waals surface area (Å²) in [7, 11) is 1.40. The second-order valence-electron chi connectivity index (χ2n) is 5.01. The van der Waals surface area contributed by atoms with Crippen molar-refractivity contribution in [2.75, 3.05) is 13.7 Å². The highest BCUT2D eigenvalue weighted by Gasteiger charge is 2.39. The Morgan fingerprint density at radius 2 is 2.30 bits per heavy atom. The fraction of sp³-hybridized carbons (Fsp3) is 0.429. The molecule has 0 N–H and O–H groups in total. The van der Waals surface area contributed by atoms with Gasteiger partial charge < -0.3 is 9.64 Å². The van der Waals surface area contributed by atoms with Gasteiger partial charge >= 0.3 is 6.09 Å². The molecule has 6 heteroatoms. The average molecular weight is 313 g/mol. The summed E-state index contributed by atoms with van der Waals surface area (Å²) in [6.45, 7) is 0.667. The Labute approximate surface area is 127 Å². The number of nitrogens with zero attached hydrogens (tertiary/aromatic N) is 2. The van der Waals surface area contributed by atoms with Gasteiger partial charge in [-0.05, 0) is 24.5 Å². The topological polar surface area (TPSA) is 42.4 Å². The number of hydrogen-bond donors (Lipinski definition) is 0. The first-order chi connectivity index (χ1) is 9.61. The minimum Gasteiger partial charge on any atom is -0.453 e. The van der Waals surface area contributed by atoms with Crippen LogP contribution in [-0.4, -0.2) is 29.6 Å². The highest BCUT2D eigenvalue weighted by atomic mass is 35.5. The normalized spacial score (nSPS) is 24.1. The van der Waals surface area contributed by atoms with E-state index in [0.717, 1.165) is 24.0 Å². The number of aromatic nitrogens is 1. The lowest BCUT2D eigenvalue weighted by molar-refractivity contribution is 0.0747. The maximum Gasteiger partial charge on any atom is 0.410 e. The van der Waals surface area contributed by atoms with Crippen molar-refractivity contribution < 1.29 is 9.53 Å². The molecule has 1 saturated heterocycles. The zero-order valence-electron chi connectivity index (χ0n) is 11.0. The van der Waals surface area contributed by atoms with Crippen molar-refractivity contribution in [2.24, 2.45) is 5.92 Å². The zero-order valence-corrected chi connectivity index (χ0v) is 12.5. The molecule has 2 atom stereocenters. The van der Waals surface area contributed by atoms with Gasteiger partial charge in [0, 0.05) is 18.0 Å². The van der Waals surface area contributed by atoms with Crippen LogP contribution in [0, 0.1) is 5.92 Å². The van der Waals surface area contributed by atoms with Gasteiger partial charge in [-0.25, -0.2) is 9.78 Å². The molecular formula is C14H14Cl2N2O2. The van der Waals surface area contributed by atoms with Crippen molar-refractivity contribution in [3.05, 3.63) is 33.6 Å². The maximum absolute atomic E-state index is 12.0. The summed E-state index contributed by atoms with van der Waals surface area (Å²) in [5.74, 6) is 0.246. The number of amides is 1. The molecule has 1 aromatic rings. The summed E-state index contributed by atoms with van der Waals surface area (Å²) >= 11 is 12.2. The Bertz CT molecular complexity index is 589. The monoisotopic (exact) mass is 312 g/mol. The summed E-state index contributed by atoms with van der Waals surface area (Å²) in [5, 5.41) is 0.722. The second-order valence-corrected chi connectivity index (χ2v) is 5.76. The summed E-state index contributed by atoms with van der Waals surface area (Å²) < 4.78 is 4.89. The van der Waals surface area contributed by atoms with E-state index in [2.05, 4.69) is 11.1 Å². The van der Waals surface area contributed by atoms with Gasteiger partial charge in [0.05, 0.1) is 13.2 Å². The molecule has 0 saturated carbocycles. The molecule has 2 heterocycles. The predicted molar refractivity (Wildman–Crippen MR) is 77.9 cm³/mol. The van der Waals surface area contributed by atoms with Gasteiger partial charge in [-0.2, -0.15) is 0 Å². The van der Waals surface area contributed by atoms with E-state index in [9.17, 15) is 4.79 Å². The number of ether oxygens (including phenoxy) is 1. The number of piperidine rings is 1. The van der Waals surface area contributed by atoms with E-state index in [0.29, 0.717) is 16.9 Å². The van der Waals surface area contributed by atoms with Crippen LogP contribution < -0.4 is 0 Å². The second kappa shape index (κ2) is 5.26. The third-order valence-corrected chi connectivity index (χ3v) is 4.40. The fourth-order valence-corrected chi connectivity index (χ4v) is 3.65. The van der Waals surface area contributed by atoms with Crippen LogP contribution in [0.25, 0.3) is 6.08 Å². The van der Waals surface area contributed by atoms with Crippen LogP contribution in [0.5, 0.6) is 0 Å². The van der Waals surface area contributed by atoms with Gasteiger partial charge in [0.15, 0.2) is 0 Å². The van der Waals surface area contributed by atoms with Crippen molar-refractivity contribution in [2.45, 2.75) is 18.9 Å². The molecule has 0 radical (unpaired) electrons. The van der Waals surface area contributed by atoms with Crippen molar-refractivity contribution >= 4 is 35.4 Å². The van der Waals surface area contributed by atoms with Crippen LogP contribution in [0.3, 0.4) is 0 Å².